The van der Waals surface area contributed by atoms with Crippen LogP contribution in [0.5, 0.6) is 0 Å². The largest absolute Gasteiger partial charge is 0.504 e. The topological polar surface area (TPSA) is 74.6 Å². The van der Waals surface area contributed by atoms with E-state index in [4.69, 9.17) is 0 Å². The number of fused-ring (bicyclic) bond motifs is 1. The van der Waals surface area contributed by atoms with Crippen LogP contribution in [0.15, 0.2) is 35.1 Å². The number of aliphatic hydroxyl groups excluding tert-OH is 1. The Kier molecular flexibility index (Phi) is 3.90. The molecule has 0 aromatic rings. The van der Waals surface area contributed by atoms with Crippen molar-refractivity contribution in [1.82, 2.24) is 0 Å². The minimum absolute atomic E-state index is 0. The van der Waals surface area contributed by atoms with Crippen molar-refractivity contribution in [2.24, 2.45) is 11.3 Å². The third-order valence-electron chi connectivity index (χ3n) is 7.68. The summed E-state index contributed by atoms with van der Waals surface area (Å²) in [7, 11) is 2.23. The quantitative estimate of drug-likeness (QED) is 0.577. The van der Waals surface area contributed by atoms with E-state index in [9.17, 15) is 19.8 Å². The Morgan fingerprint density at radius 2 is 1.96 bits per heavy atom. The summed E-state index contributed by atoms with van der Waals surface area (Å²) in [4.78, 5) is 24.6. The number of nitrogens with zero attached hydrogens (tertiary/aromatic N) is 1. The van der Waals surface area contributed by atoms with Gasteiger partial charge >= 0.3 is 0 Å². The van der Waals surface area contributed by atoms with E-state index in [0.717, 1.165) is 29.1 Å². The van der Waals surface area contributed by atoms with Gasteiger partial charge in [-0.2, -0.15) is 0 Å². The number of Topliss-reactive ketones (excluding diaryl/α,β-unsaturated/α-hetero) is 1. The average Bonchev–Trinajstić information content (AvgIpc) is 3.39. The Balaban J connectivity index is 0.00000180. The molecule has 146 valence electrons. The Labute approximate surface area is 160 Å². The van der Waals surface area contributed by atoms with Crippen LogP contribution in [-0.4, -0.2) is 58.0 Å². The second-order valence-corrected chi connectivity index (χ2v) is 9.29. The van der Waals surface area contributed by atoms with Crippen molar-refractivity contribution in [3.05, 3.63) is 42.6 Å². The van der Waals surface area contributed by atoms with Crippen LogP contribution in [0.2, 0.25) is 0 Å². The highest BCUT2D eigenvalue weighted by Gasteiger charge is 2.70. The summed E-state index contributed by atoms with van der Waals surface area (Å²) in [5.74, 6) is 0.151. The van der Waals surface area contributed by atoms with Gasteiger partial charge in [0.15, 0.2) is 5.76 Å². The van der Waals surface area contributed by atoms with Crippen LogP contribution in [0.4, 0.5) is 0 Å². The lowest BCUT2D eigenvalue weighted by Crippen LogP contribution is -2.76. The SMILES string of the molecule is C[N+]1(CC2CC2)CC[C@]23CC(=O)CC[C@@]2(O)[C@H]1C=C1C=CC(=O)C(O)=C13.[CH3-]. The summed E-state index contributed by atoms with van der Waals surface area (Å²) >= 11 is 0. The monoisotopic (exact) mass is 371 g/mol. The normalized spacial score (nSPS) is 42.9. The molecule has 0 spiro atoms. The highest BCUT2D eigenvalue weighted by atomic mass is 16.3. The number of piperidine rings is 1. The number of allylic oxidation sites excluding steroid dienone is 3. The predicted octanol–water partition coefficient (Wildman–Crippen LogP) is 2.43. The maximum Gasteiger partial charge on any atom is 0.220 e. The molecule has 5 rings (SSSR count). The van der Waals surface area contributed by atoms with Crippen LogP contribution in [0, 0.1) is 18.8 Å². The van der Waals surface area contributed by atoms with Gasteiger partial charge in [-0.1, -0.05) is 6.08 Å². The number of aliphatic hydroxyl groups is 2. The van der Waals surface area contributed by atoms with E-state index in [1.807, 2.05) is 0 Å². The van der Waals surface area contributed by atoms with Crippen LogP contribution >= 0.6 is 0 Å². The van der Waals surface area contributed by atoms with Crippen molar-refractivity contribution < 1.29 is 24.3 Å². The Morgan fingerprint density at radius 1 is 1.22 bits per heavy atom. The molecular formula is C22H29NO4. The standard InChI is InChI=1S/C21H25NO4.CH3/c1-22(12-13-2-3-13)9-8-20-11-15(23)6-7-21(20,26)17(22)10-14-4-5-16(24)19(25)18(14)20;/h4-5,10,13,17,26H,2-3,6-9,11-12H2,1H3;1H3/q;-1/p+1/t17-,20-,21-,22?;/m1./s1. The van der Waals surface area contributed by atoms with Gasteiger partial charge in [0.2, 0.25) is 5.78 Å². The lowest BCUT2D eigenvalue weighted by atomic mass is 9.48. The maximum absolute atomic E-state index is 12.4. The summed E-state index contributed by atoms with van der Waals surface area (Å²) in [5.41, 5.74) is -0.565. The number of carbonyl (C=O) groups excluding carboxylic acids is 2. The fraction of sp³-hybridized carbons (Fsp3) is 0.591. The van der Waals surface area contributed by atoms with Gasteiger partial charge in [0.05, 0.1) is 20.1 Å². The van der Waals surface area contributed by atoms with Gasteiger partial charge in [-0.15, -0.1) is 0 Å². The maximum atomic E-state index is 12.4. The number of ketones is 2. The highest BCUT2D eigenvalue weighted by molar-refractivity contribution is 6.06. The van der Waals surface area contributed by atoms with E-state index in [1.54, 1.807) is 6.08 Å². The summed E-state index contributed by atoms with van der Waals surface area (Å²) in [6, 6.07) is -0.102. The van der Waals surface area contributed by atoms with Crippen molar-refractivity contribution in [2.45, 2.75) is 50.2 Å². The zero-order valence-electron chi connectivity index (χ0n) is 16.2. The summed E-state index contributed by atoms with van der Waals surface area (Å²) in [5, 5.41) is 22.6. The number of likely N-dealkylation sites (N-methyl/N-ethyl adjacent to an activating group) is 1. The number of hydrogen-bond acceptors (Lipinski definition) is 4. The van der Waals surface area contributed by atoms with Crippen LogP contribution in [0.1, 0.15) is 38.5 Å². The third-order valence-corrected chi connectivity index (χ3v) is 7.68. The second kappa shape index (κ2) is 5.65. The molecule has 0 radical (unpaired) electrons. The molecule has 0 amide bonds. The first-order valence-corrected chi connectivity index (χ1v) is 9.76. The first kappa shape index (κ1) is 18.6. The number of hydrogen-bond donors (Lipinski definition) is 2. The smallest absolute Gasteiger partial charge is 0.220 e. The van der Waals surface area contributed by atoms with E-state index < -0.39 is 16.8 Å². The van der Waals surface area contributed by atoms with Gasteiger partial charge in [-0.3, -0.25) is 9.59 Å². The zero-order chi connectivity index (χ0) is 18.3. The first-order valence-electron chi connectivity index (χ1n) is 9.76. The number of rotatable bonds is 2. The molecule has 1 unspecified atom stereocenters. The molecule has 2 bridgehead atoms. The molecule has 3 fully saturated rings. The summed E-state index contributed by atoms with van der Waals surface area (Å²) in [6.45, 7) is 1.91. The van der Waals surface area contributed by atoms with Crippen LogP contribution < -0.4 is 0 Å². The minimum atomic E-state index is -1.08. The van der Waals surface area contributed by atoms with Crippen molar-refractivity contribution in [1.29, 1.82) is 0 Å². The van der Waals surface area contributed by atoms with Crippen molar-refractivity contribution in [2.75, 3.05) is 20.1 Å². The van der Waals surface area contributed by atoms with E-state index >= 15 is 0 Å². The van der Waals surface area contributed by atoms with Crippen molar-refractivity contribution in [3.8, 4) is 0 Å². The fourth-order valence-corrected chi connectivity index (χ4v) is 6.23. The summed E-state index contributed by atoms with van der Waals surface area (Å²) in [6.07, 6.45) is 9.40. The Morgan fingerprint density at radius 3 is 2.67 bits per heavy atom. The van der Waals surface area contributed by atoms with Gasteiger partial charge in [0.1, 0.15) is 17.4 Å². The molecule has 2 N–H and O–H groups in total. The molecule has 4 atom stereocenters. The molecule has 1 saturated heterocycles. The average molecular weight is 371 g/mol. The minimum Gasteiger partial charge on any atom is -0.504 e. The molecule has 1 heterocycles. The first-order chi connectivity index (χ1) is 12.3. The van der Waals surface area contributed by atoms with Gasteiger partial charge in [-0.05, 0) is 37.0 Å². The Hall–Kier alpha value is -1.72. The van der Waals surface area contributed by atoms with Crippen molar-refractivity contribution in [3.63, 3.8) is 0 Å². The Bertz CT molecular complexity index is 820. The fourth-order valence-electron chi connectivity index (χ4n) is 6.23. The van der Waals surface area contributed by atoms with E-state index in [0.29, 0.717) is 24.8 Å². The van der Waals surface area contributed by atoms with Gasteiger partial charge < -0.3 is 22.1 Å². The van der Waals surface area contributed by atoms with Gasteiger partial charge in [0, 0.05) is 36.2 Å². The lowest BCUT2D eigenvalue weighted by molar-refractivity contribution is -0.944. The predicted molar refractivity (Wildman–Crippen MR) is 102 cm³/mol. The molecule has 27 heavy (non-hydrogen) atoms. The molecule has 5 aliphatic rings. The van der Waals surface area contributed by atoms with Crippen LogP contribution in [-0.2, 0) is 9.59 Å². The highest BCUT2D eigenvalue weighted by Crippen LogP contribution is 2.63. The van der Waals surface area contributed by atoms with Gasteiger partial charge in [0.25, 0.3) is 0 Å². The van der Waals surface area contributed by atoms with Crippen LogP contribution in [0.3, 0.4) is 0 Å². The molecule has 0 aromatic carbocycles. The van der Waals surface area contributed by atoms with Gasteiger partial charge in [-0.25, -0.2) is 0 Å². The molecule has 4 aliphatic carbocycles. The van der Waals surface area contributed by atoms with Crippen molar-refractivity contribution >= 4 is 11.6 Å². The van der Waals surface area contributed by atoms with Crippen LogP contribution in [0.25, 0.3) is 0 Å². The molecule has 0 aromatic heterocycles. The zero-order valence-corrected chi connectivity index (χ0v) is 16.2. The number of carbonyl (C=O) groups is 2. The summed E-state index contributed by atoms with van der Waals surface area (Å²) < 4.78 is 0.788. The molecule has 5 heteroatoms. The van der Waals surface area contributed by atoms with E-state index in [-0.39, 0.29) is 31.4 Å². The third kappa shape index (κ3) is 2.31. The molecule has 5 nitrogen and oxygen atoms in total. The van der Waals surface area contributed by atoms with E-state index in [1.165, 1.54) is 18.9 Å². The second-order valence-electron chi connectivity index (χ2n) is 9.29. The molecular weight excluding hydrogens is 342 g/mol. The molecule has 2 saturated carbocycles. The van der Waals surface area contributed by atoms with E-state index in [2.05, 4.69) is 13.1 Å². The number of likely N-dealkylation sites (tertiary alicyclic amines) is 1. The lowest BCUT2D eigenvalue weighted by Gasteiger charge is -2.64. The number of quaternary nitrogens is 1. The molecule has 1 aliphatic heterocycles.